The minimum atomic E-state index is -0.420. The van der Waals surface area contributed by atoms with Gasteiger partial charge < -0.3 is 10.5 Å². The van der Waals surface area contributed by atoms with Crippen LogP contribution in [0.1, 0.15) is 5.56 Å². The molecule has 0 atom stereocenters. The highest BCUT2D eigenvalue weighted by Crippen LogP contribution is 2.25. The number of ether oxygens (including phenoxy) is 1. The van der Waals surface area contributed by atoms with Gasteiger partial charge in [0.05, 0.1) is 5.69 Å². The van der Waals surface area contributed by atoms with Crippen molar-refractivity contribution in [3.05, 3.63) is 42.0 Å². The standard InChI is InChI=1S/C11H10FN3O/c1-7-5-14-11(15-6-7)16-10-4-8(12)2-3-9(10)13/h2-6H,13H2,1H3. The number of hydrogen-bond acceptors (Lipinski definition) is 4. The summed E-state index contributed by atoms with van der Waals surface area (Å²) in [6.45, 7) is 1.86. The SMILES string of the molecule is Cc1cnc(Oc2cc(F)ccc2N)nc1. The van der Waals surface area contributed by atoms with Gasteiger partial charge in [-0.05, 0) is 24.6 Å². The van der Waals surface area contributed by atoms with E-state index in [0.717, 1.165) is 5.56 Å². The van der Waals surface area contributed by atoms with Crippen molar-refractivity contribution in [2.45, 2.75) is 6.92 Å². The lowest BCUT2D eigenvalue weighted by Crippen LogP contribution is -1.96. The Morgan fingerprint density at radius 2 is 1.94 bits per heavy atom. The normalized spacial score (nSPS) is 10.1. The van der Waals surface area contributed by atoms with E-state index in [4.69, 9.17) is 10.5 Å². The molecule has 0 radical (unpaired) electrons. The van der Waals surface area contributed by atoms with Crippen molar-refractivity contribution in [1.29, 1.82) is 0 Å². The molecule has 1 aromatic heterocycles. The van der Waals surface area contributed by atoms with Gasteiger partial charge in [0.2, 0.25) is 0 Å². The second-order valence-electron chi connectivity index (χ2n) is 3.33. The van der Waals surface area contributed by atoms with Crippen LogP contribution in [0.15, 0.2) is 30.6 Å². The molecule has 5 heteroatoms. The van der Waals surface area contributed by atoms with Gasteiger partial charge in [0.15, 0.2) is 5.75 Å². The summed E-state index contributed by atoms with van der Waals surface area (Å²) in [5.41, 5.74) is 6.87. The molecule has 2 N–H and O–H groups in total. The minimum absolute atomic E-state index is 0.142. The molecule has 0 spiro atoms. The van der Waals surface area contributed by atoms with Crippen LogP contribution in [0, 0.1) is 12.7 Å². The maximum Gasteiger partial charge on any atom is 0.321 e. The quantitative estimate of drug-likeness (QED) is 0.787. The zero-order valence-electron chi connectivity index (χ0n) is 8.64. The van der Waals surface area contributed by atoms with Crippen LogP contribution >= 0.6 is 0 Å². The van der Waals surface area contributed by atoms with Gasteiger partial charge in [0.1, 0.15) is 5.82 Å². The molecule has 0 unspecified atom stereocenters. The fourth-order valence-electron chi connectivity index (χ4n) is 1.13. The predicted octanol–water partition coefficient (Wildman–Crippen LogP) is 2.30. The van der Waals surface area contributed by atoms with E-state index in [9.17, 15) is 4.39 Å². The molecule has 4 nitrogen and oxygen atoms in total. The molecular weight excluding hydrogens is 209 g/mol. The van der Waals surface area contributed by atoms with Crippen molar-refractivity contribution in [1.82, 2.24) is 9.97 Å². The Hall–Kier alpha value is -2.17. The number of rotatable bonds is 2. The average Bonchev–Trinajstić information content (AvgIpc) is 2.27. The Bertz CT molecular complexity index is 499. The van der Waals surface area contributed by atoms with Crippen LogP contribution in [0.2, 0.25) is 0 Å². The minimum Gasteiger partial charge on any atom is -0.422 e. The van der Waals surface area contributed by atoms with E-state index < -0.39 is 5.82 Å². The highest BCUT2D eigenvalue weighted by atomic mass is 19.1. The van der Waals surface area contributed by atoms with E-state index in [1.54, 1.807) is 12.4 Å². The van der Waals surface area contributed by atoms with E-state index >= 15 is 0 Å². The van der Waals surface area contributed by atoms with Gasteiger partial charge in [-0.1, -0.05) is 0 Å². The molecule has 0 bridgehead atoms. The van der Waals surface area contributed by atoms with Crippen molar-refractivity contribution in [2.75, 3.05) is 5.73 Å². The highest BCUT2D eigenvalue weighted by molar-refractivity contribution is 5.53. The van der Waals surface area contributed by atoms with E-state index in [-0.39, 0.29) is 11.8 Å². The third-order valence-electron chi connectivity index (χ3n) is 1.93. The number of anilines is 1. The molecule has 0 saturated heterocycles. The molecule has 1 heterocycles. The van der Waals surface area contributed by atoms with Gasteiger partial charge in [0, 0.05) is 18.5 Å². The molecule has 0 saturated carbocycles. The number of hydrogen-bond donors (Lipinski definition) is 1. The molecule has 82 valence electrons. The van der Waals surface area contributed by atoms with E-state index in [0.29, 0.717) is 5.69 Å². The molecule has 16 heavy (non-hydrogen) atoms. The van der Waals surface area contributed by atoms with Gasteiger partial charge >= 0.3 is 6.01 Å². The summed E-state index contributed by atoms with van der Waals surface area (Å²) in [4.78, 5) is 7.87. The second-order valence-corrected chi connectivity index (χ2v) is 3.33. The van der Waals surface area contributed by atoms with Crippen molar-refractivity contribution in [2.24, 2.45) is 0 Å². The second kappa shape index (κ2) is 4.14. The molecule has 2 rings (SSSR count). The number of nitrogen functional groups attached to an aromatic ring is 1. The van der Waals surface area contributed by atoms with Gasteiger partial charge in [-0.25, -0.2) is 14.4 Å². The summed E-state index contributed by atoms with van der Waals surface area (Å²) in [5, 5.41) is 0. The Balaban J connectivity index is 2.26. The van der Waals surface area contributed by atoms with Crippen LogP contribution < -0.4 is 10.5 Å². The van der Waals surface area contributed by atoms with Crippen molar-refractivity contribution < 1.29 is 9.13 Å². The smallest absolute Gasteiger partial charge is 0.321 e. The number of aryl methyl sites for hydroxylation is 1. The summed E-state index contributed by atoms with van der Waals surface area (Å²) in [5.74, 6) is -0.208. The fourth-order valence-corrected chi connectivity index (χ4v) is 1.13. The summed E-state index contributed by atoms with van der Waals surface area (Å²) < 4.78 is 18.2. The summed E-state index contributed by atoms with van der Waals surface area (Å²) in [6, 6.07) is 4.03. The molecule has 0 aliphatic rings. The van der Waals surface area contributed by atoms with Crippen LogP contribution in [0.4, 0.5) is 10.1 Å². The molecule has 2 aromatic rings. The average molecular weight is 219 g/mol. The first-order valence-electron chi connectivity index (χ1n) is 4.66. The number of aromatic nitrogens is 2. The third kappa shape index (κ3) is 2.25. The number of benzene rings is 1. The summed E-state index contributed by atoms with van der Waals surface area (Å²) in [6.07, 6.45) is 3.22. The van der Waals surface area contributed by atoms with Crippen LogP contribution in [0.5, 0.6) is 11.8 Å². The van der Waals surface area contributed by atoms with Crippen LogP contribution in [0.25, 0.3) is 0 Å². The summed E-state index contributed by atoms with van der Waals surface area (Å²) >= 11 is 0. The van der Waals surface area contributed by atoms with Crippen LogP contribution in [-0.4, -0.2) is 9.97 Å². The number of nitrogens with two attached hydrogens (primary N) is 1. The lowest BCUT2D eigenvalue weighted by Gasteiger charge is -2.06. The first kappa shape index (κ1) is 10.4. The maximum absolute atomic E-state index is 12.9. The van der Waals surface area contributed by atoms with Gasteiger partial charge in [0.25, 0.3) is 0 Å². The zero-order chi connectivity index (χ0) is 11.5. The topological polar surface area (TPSA) is 61.0 Å². The molecule has 0 fully saturated rings. The number of nitrogens with zero attached hydrogens (tertiary/aromatic N) is 2. The van der Waals surface area contributed by atoms with E-state index in [2.05, 4.69) is 9.97 Å². The zero-order valence-corrected chi connectivity index (χ0v) is 8.64. The first-order valence-corrected chi connectivity index (χ1v) is 4.66. The molecular formula is C11H10FN3O. The van der Waals surface area contributed by atoms with Crippen LogP contribution in [-0.2, 0) is 0 Å². The monoisotopic (exact) mass is 219 g/mol. The largest absolute Gasteiger partial charge is 0.422 e. The van der Waals surface area contributed by atoms with Gasteiger partial charge in [-0.15, -0.1) is 0 Å². The molecule has 0 amide bonds. The van der Waals surface area contributed by atoms with E-state index in [1.807, 2.05) is 6.92 Å². The van der Waals surface area contributed by atoms with Crippen LogP contribution in [0.3, 0.4) is 0 Å². The van der Waals surface area contributed by atoms with Gasteiger partial charge in [-0.3, -0.25) is 0 Å². The number of halogens is 1. The molecule has 0 aliphatic heterocycles. The summed E-state index contributed by atoms with van der Waals surface area (Å²) in [7, 11) is 0. The Morgan fingerprint density at radius 3 is 2.62 bits per heavy atom. The predicted molar refractivity (Wildman–Crippen MR) is 57.7 cm³/mol. The van der Waals surface area contributed by atoms with Crippen molar-refractivity contribution in [3.63, 3.8) is 0 Å². The molecule has 1 aromatic carbocycles. The van der Waals surface area contributed by atoms with E-state index in [1.165, 1.54) is 18.2 Å². The van der Waals surface area contributed by atoms with Crippen molar-refractivity contribution in [3.8, 4) is 11.8 Å². The first-order chi connectivity index (χ1) is 7.65. The Morgan fingerprint density at radius 1 is 1.25 bits per heavy atom. The highest BCUT2D eigenvalue weighted by Gasteiger charge is 2.05. The van der Waals surface area contributed by atoms with Crippen molar-refractivity contribution >= 4 is 5.69 Å². The molecule has 0 aliphatic carbocycles. The Labute approximate surface area is 91.9 Å². The Kier molecular flexibility index (Phi) is 2.68. The maximum atomic E-state index is 12.9. The lowest BCUT2D eigenvalue weighted by atomic mass is 10.3. The van der Waals surface area contributed by atoms with Gasteiger partial charge in [-0.2, -0.15) is 0 Å². The fraction of sp³-hybridized carbons (Fsp3) is 0.0909. The third-order valence-corrected chi connectivity index (χ3v) is 1.93. The lowest BCUT2D eigenvalue weighted by molar-refractivity contribution is 0.439.